The van der Waals surface area contributed by atoms with Crippen LogP contribution in [0.25, 0.3) is 10.9 Å². The van der Waals surface area contributed by atoms with Gasteiger partial charge in [0.05, 0.1) is 30.3 Å². The Kier molecular flexibility index (Phi) is 9.33. The maximum Gasteiger partial charge on any atom is 0.272 e. The van der Waals surface area contributed by atoms with Crippen LogP contribution in [0.1, 0.15) is 52.7 Å². The second-order valence-corrected chi connectivity index (χ2v) is 14.6. The number of sulfonamides is 1. The lowest BCUT2D eigenvalue weighted by Gasteiger charge is -2.35. The maximum atomic E-state index is 13.8. The number of aromatic nitrogens is 1. The van der Waals surface area contributed by atoms with Crippen LogP contribution < -0.4 is 14.8 Å². The van der Waals surface area contributed by atoms with Gasteiger partial charge in [0, 0.05) is 50.7 Å². The predicted octanol–water partition coefficient (Wildman–Crippen LogP) is 5.34. The van der Waals surface area contributed by atoms with E-state index in [4.69, 9.17) is 4.74 Å². The number of anilines is 2. The number of halogens is 2. The Morgan fingerprint density at radius 3 is 2.23 bits per heavy atom. The Morgan fingerprint density at radius 2 is 1.62 bits per heavy atom. The maximum absolute atomic E-state index is 13.8. The molecule has 0 spiro atoms. The van der Waals surface area contributed by atoms with E-state index in [9.17, 15) is 26.8 Å². The van der Waals surface area contributed by atoms with E-state index in [0.29, 0.717) is 44.1 Å². The standard InChI is InChI=1S/C34H39F2N5O5S/c1-34(2,3)24-18-27(31(46-5)28(19-24)38-47(6,44)45)37-32(42)29-17-21-8-7-9-23(30(21)39(29)4)20-40-12-14-41(15-13-40)33(43)22-10-11-25(35)26(36)16-22/h7-11,16-19,38H,12-15,20H2,1-6H3,(H,37,42). The molecule has 47 heavy (non-hydrogen) atoms. The van der Waals surface area contributed by atoms with Gasteiger partial charge < -0.3 is 19.5 Å². The first-order chi connectivity index (χ1) is 22.1. The van der Waals surface area contributed by atoms with E-state index in [0.717, 1.165) is 40.4 Å². The number of hydrogen-bond donors (Lipinski definition) is 2. The van der Waals surface area contributed by atoms with Crippen molar-refractivity contribution in [2.45, 2.75) is 32.7 Å². The second kappa shape index (κ2) is 13.0. The van der Waals surface area contributed by atoms with Gasteiger partial charge in [-0.1, -0.05) is 39.0 Å². The molecule has 4 aromatic rings. The Hall–Kier alpha value is -4.49. The summed E-state index contributed by atoms with van der Waals surface area (Å²) in [6.07, 6.45) is 1.05. The first kappa shape index (κ1) is 33.9. The van der Waals surface area contributed by atoms with Crippen molar-refractivity contribution in [3.8, 4) is 5.75 Å². The first-order valence-electron chi connectivity index (χ1n) is 15.1. The number of fused-ring (bicyclic) bond motifs is 1. The van der Waals surface area contributed by atoms with Gasteiger partial charge in [0.1, 0.15) is 5.69 Å². The number of amides is 2. The number of para-hydroxylation sites is 1. The zero-order valence-electron chi connectivity index (χ0n) is 27.3. The molecule has 1 aromatic heterocycles. The minimum absolute atomic E-state index is 0.113. The largest absolute Gasteiger partial charge is 0.492 e. The number of nitrogens with zero attached hydrogens (tertiary/aromatic N) is 3. The van der Waals surface area contributed by atoms with E-state index < -0.39 is 27.6 Å². The zero-order chi connectivity index (χ0) is 34.3. The molecule has 1 aliphatic rings. The molecule has 10 nitrogen and oxygen atoms in total. The zero-order valence-corrected chi connectivity index (χ0v) is 28.1. The van der Waals surface area contributed by atoms with Gasteiger partial charge in [-0.2, -0.15) is 0 Å². The van der Waals surface area contributed by atoms with Gasteiger partial charge in [-0.05, 0) is 52.9 Å². The predicted molar refractivity (Wildman–Crippen MR) is 179 cm³/mol. The fraction of sp³-hybridized carbons (Fsp3) is 0.353. The van der Waals surface area contributed by atoms with Gasteiger partial charge in [0.15, 0.2) is 17.4 Å². The van der Waals surface area contributed by atoms with E-state index in [2.05, 4.69) is 14.9 Å². The van der Waals surface area contributed by atoms with Gasteiger partial charge in [0.2, 0.25) is 10.0 Å². The van der Waals surface area contributed by atoms with Crippen LogP contribution in [0.15, 0.2) is 54.6 Å². The van der Waals surface area contributed by atoms with Crippen molar-refractivity contribution in [2.75, 3.05) is 49.6 Å². The average Bonchev–Trinajstić information content (AvgIpc) is 3.34. The minimum Gasteiger partial charge on any atom is -0.492 e. The number of benzene rings is 3. The van der Waals surface area contributed by atoms with Crippen LogP contribution in [0.3, 0.4) is 0 Å². The Bertz CT molecular complexity index is 1960. The summed E-state index contributed by atoms with van der Waals surface area (Å²) in [4.78, 5) is 30.5. The number of piperazine rings is 1. The normalized spacial score (nSPS) is 14.3. The highest BCUT2D eigenvalue weighted by atomic mass is 32.2. The molecule has 250 valence electrons. The van der Waals surface area contributed by atoms with Crippen LogP contribution >= 0.6 is 0 Å². The molecule has 3 aromatic carbocycles. The summed E-state index contributed by atoms with van der Waals surface area (Å²) in [5.74, 6) is -2.59. The summed E-state index contributed by atoms with van der Waals surface area (Å²) in [5.41, 5.74) is 3.39. The highest BCUT2D eigenvalue weighted by Crippen LogP contribution is 2.39. The molecule has 2 heterocycles. The lowest BCUT2D eigenvalue weighted by Crippen LogP contribution is -2.48. The third kappa shape index (κ3) is 7.41. The third-order valence-corrected chi connectivity index (χ3v) is 8.89. The third-order valence-electron chi connectivity index (χ3n) is 8.30. The Morgan fingerprint density at radius 1 is 0.936 bits per heavy atom. The lowest BCUT2D eigenvalue weighted by molar-refractivity contribution is 0.0628. The molecule has 0 bridgehead atoms. The highest BCUT2D eigenvalue weighted by Gasteiger charge is 2.26. The van der Waals surface area contributed by atoms with Crippen molar-refractivity contribution in [2.24, 2.45) is 7.05 Å². The summed E-state index contributed by atoms with van der Waals surface area (Å²) in [6, 6.07) is 14.3. The molecule has 2 amide bonds. The fourth-order valence-electron chi connectivity index (χ4n) is 5.84. The summed E-state index contributed by atoms with van der Waals surface area (Å²) < 4.78 is 61.2. The minimum atomic E-state index is -3.63. The average molecular weight is 668 g/mol. The number of hydrogen-bond acceptors (Lipinski definition) is 6. The van der Waals surface area contributed by atoms with Crippen molar-refractivity contribution in [3.05, 3.63) is 88.6 Å². The monoisotopic (exact) mass is 667 g/mol. The van der Waals surface area contributed by atoms with Crippen molar-refractivity contribution in [3.63, 3.8) is 0 Å². The van der Waals surface area contributed by atoms with Crippen molar-refractivity contribution >= 4 is 44.1 Å². The van der Waals surface area contributed by atoms with Gasteiger partial charge in [0.25, 0.3) is 11.8 Å². The van der Waals surface area contributed by atoms with Crippen molar-refractivity contribution in [1.82, 2.24) is 14.4 Å². The molecular weight excluding hydrogens is 628 g/mol. The van der Waals surface area contributed by atoms with Crippen molar-refractivity contribution < 1.29 is 31.5 Å². The van der Waals surface area contributed by atoms with Crippen LogP contribution in [0.4, 0.5) is 20.2 Å². The number of ether oxygens (including phenoxy) is 1. The van der Waals surface area contributed by atoms with Crippen LogP contribution in [0, 0.1) is 11.6 Å². The number of carbonyl (C=O) groups is 2. The molecule has 5 rings (SSSR count). The molecular formula is C34H39F2N5O5S. The quantitative estimate of drug-likeness (QED) is 0.262. The molecule has 0 radical (unpaired) electrons. The first-order valence-corrected chi connectivity index (χ1v) is 17.0. The van der Waals surface area contributed by atoms with E-state index in [1.807, 2.05) is 56.7 Å². The molecule has 0 saturated carbocycles. The summed E-state index contributed by atoms with van der Waals surface area (Å²) >= 11 is 0. The Labute approximate surface area is 273 Å². The summed E-state index contributed by atoms with van der Waals surface area (Å²) in [5, 5.41) is 3.82. The van der Waals surface area contributed by atoms with Gasteiger partial charge >= 0.3 is 0 Å². The SMILES string of the molecule is COc1c(NC(=O)c2cc3cccc(CN4CCN(C(=O)c5ccc(F)c(F)c5)CC4)c3n2C)cc(C(C)(C)C)cc1NS(C)(=O)=O. The topological polar surface area (TPSA) is 113 Å². The molecule has 0 unspecified atom stereocenters. The van der Waals surface area contributed by atoms with E-state index in [1.54, 1.807) is 17.0 Å². The smallest absolute Gasteiger partial charge is 0.272 e. The van der Waals surface area contributed by atoms with Crippen LogP contribution in [-0.2, 0) is 29.0 Å². The molecule has 1 saturated heterocycles. The summed E-state index contributed by atoms with van der Waals surface area (Å²) in [7, 11) is -0.399. The highest BCUT2D eigenvalue weighted by molar-refractivity contribution is 7.92. The molecule has 1 fully saturated rings. The number of rotatable bonds is 8. The molecule has 0 atom stereocenters. The number of methoxy groups -OCH3 is 1. The van der Waals surface area contributed by atoms with Gasteiger partial charge in [-0.15, -0.1) is 0 Å². The molecule has 1 aliphatic heterocycles. The fourth-order valence-corrected chi connectivity index (χ4v) is 6.40. The van der Waals surface area contributed by atoms with Crippen molar-refractivity contribution in [1.29, 1.82) is 0 Å². The number of carbonyl (C=O) groups excluding carboxylic acids is 2. The van der Waals surface area contributed by atoms with Crippen LogP contribution in [0.5, 0.6) is 5.75 Å². The van der Waals surface area contributed by atoms with Crippen LogP contribution in [0.2, 0.25) is 0 Å². The number of aryl methyl sites for hydroxylation is 1. The van der Waals surface area contributed by atoms with Crippen LogP contribution in [-0.4, -0.2) is 74.1 Å². The lowest BCUT2D eigenvalue weighted by atomic mass is 9.86. The number of nitrogens with one attached hydrogen (secondary N) is 2. The Balaban J connectivity index is 1.36. The van der Waals surface area contributed by atoms with E-state index in [1.165, 1.54) is 13.2 Å². The van der Waals surface area contributed by atoms with Gasteiger partial charge in [-0.25, -0.2) is 17.2 Å². The molecule has 0 aliphatic carbocycles. The summed E-state index contributed by atoms with van der Waals surface area (Å²) in [6.45, 7) is 8.56. The molecule has 13 heteroatoms. The van der Waals surface area contributed by atoms with E-state index in [-0.39, 0.29) is 28.3 Å². The second-order valence-electron chi connectivity index (χ2n) is 12.8. The van der Waals surface area contributed by atoms with Gasteiger partial charge in [-0.3, -0.25) is 19.2 Å². The molecule has 2 N–H and O–H groups in total. The van der Waals surface area contributed by atoms with E-state index >= 15 is 0 Å².